The van der Waals surface area contributed by atoms with E-state index in [9.17, 15) is 4.79 Å². The van der Waals surface area contributed by atoms with E-state index in [0.717, 1.165) is 22.4 Å². The molecule has 3 aromatic rings. The van der Waals surface area contributed by atoms with Gasteiger partial charge in [-0.3, -0.25) is 0 Å². The monoisotopic (exact) mass is 404 g/mol. The number of carbonyl (C=O) groups is 1. The van der Waals surface area contributed by atoms with Crippen molar-refractivity contribution in [1.82, 2.24) is 9.78 Å². The fraction of sp³-hybridized carbons (Fsp3) is 0.167. The van der Waals surface area contributed by atoms with Gasteiger partial charge >= 0.3 is 5.97 Å². The summed E-state index contributed by atoms with van der Waals surface area (Å²) in [6.45, 7) is 5.72. The van der Waals surface area contributed by atoms with Crippen LogP contribution in [0.3, 0.4) is 0 Å². The number of benzene rings is 2. The van der Waals surface area contributed by atoms with Gasteiger partial charge in [0.15, 0.2) is 11.5 Å². The Balaban J connectivity index is 2.01. The molecule has 0 aliphatic carbocycles. The third-order valence-corrected chi connectivity index (χ3v) is 4.28. The second kappa shape index (κ2) is 9.60. The SMILES string of the molecule is C=C(C)COC(=O)/C=C/c1cn(-c2ccccc2)nc1-c1ccc(OC)c(OC)c1. The molecule has 3 rings (SSSR count). The Labute approximate surface area is 176 Å². The van der Waals surface area contributed by atoms with Crippen LogP contribution in [0.5, 0.6) is 11.5 Å². The number of carbonyl (C=O) groups excluding carboxylic acids is 1. The molecule has 2 aromatic carbocycles. The predicted octanol–water partition coefficient (Wildman–Crippen LogP) is 4.69. The maximum Gasteiger partial charge on any atom is 0.331 e. The average Bonchev–Trinajstić information content (AvgIpc) is 3.20. The second-order valence-electron chi connectivity index (χ2n) is 6.68. The molecule has 0 fully saturated rings. The topological polar surface area (TPSA) is 62.6 Å². The molecule has 0 aliphatic heterocycles. The molecule has 0 aliphatic rings. The highest BCUT2D eigenvalue weighted by molar-refractivity contribution is 5.89. The summed E-state index contributed by atoms with van der Waals surface area (Å²) in [4.78, 5) is 12.0. The van der Waals surface area contributed by atoms with Crippen LogP contribution in [0.15, 0.2) is 73.0 Å². The second-order valence-corrected chi connectivity index (χ2v) is 6.68. The summed E-state index contributed by atoms with van der Waals surface area (Å²) in [5.41, 5.74) is 3.97. The van der Waals surface area contributed by atoms with Gasteiger partial charge in [0.2, 0.25) is 0 Å². The van der Waals surface area contributed by atoms with Crippen LogP contribution >= 0.6 is 0 Å². The van der Waals surface area contributed by atoms with Crippen LogP contribution in [0.25, 0.3) is 23.0 Å². The van der Waals surface area contributed by atoms with Gasteiger partial charge in [-0.2, -0.15) is 5.10 Å². The van der Waals surface area contributed by atoms with Crippen molar-refractivity contribution < 1.29 is 19.0 Å². The lowest BCUT2D eigenvalue weighted by molar-refractivity contribution is -0.136. The van der Waals surface area contributed by atoms with Gasteiger partial charge in [-0.1, -0.05) is 24.8 Å². The van der Waals surface area contributed by atoms with E-state index in [1.807, 2.05) is 54.7 Å². The van der Waals surface area contributed by atoms with Crippen molar-refractivity contribution in [2.75, 3.05) is 20.8 Å². The summed E-state index contributed by atoms with van der Waals surface area (Å²) in [5.74, 6) is 0.785. The minimum absolute atomic E-state index is 0.189. The van der Waals surface area contributed by atoms with E-state index in [1.165, 1.54) is 6.08 Å². The summed E-state index contributed by atoms with van der Waals surface area (Å²) >= 11 is 0. The maximum atomic E-state index is 12.0. The molecule has 1 aromatic heterocycles. The Morgan fingerprint density at radius 1 is 1.10 bits per heavy atom. The molecule has 0 bridgehead atoms. The smallest absolute Gasteiger partial charge is 0.331 e. The van der Waals surface area contributed by atoms with E-state index in [-0.39, 0.29) is 6.61 Å². The van der Waals surface area contributed by atoms with E-state index in [0.29, 0.717) is 17.2 Å². The van der Waals surface area contributed by atoms with Crippen molar-refractivity contribution in [2.24, 2.45) is 0 Å². The van der Waals surface area contributed by atoms with E-state index in [1.54, 1.807) is 31.9 Å². The van der Waals surface area contributed by atoms with Gasteiger partial charge in [-0.15, -0.1) is 0 Å². The molecule has 1 heterocycles. The number of esters is 1. The largest absolute Gasteiger partial charge is 0.493 e. The first-order valence-electron chi connectivity index (χ1n) is 9.38. The van der Waals surface area contributed by atoms with Crippen LogP contribution in [0.2, 0.25) is 0 Å². The molecule has 0 spiro atoms. The lowest BCUT2D eigenvalue weighted by Gasteiger charge is -2.09. The lowest BCUT2D eigenvalue weighted by Crippen LogP contribution is -2.02. The van der Waals surface area contributed by atoms with Crippen molar-refractivity contribution in [3.8, 4) is 28.4 Å². The van der Waals surface area contributed by atoms with Crippen LogP contribution in [0.1, 0.15) is 12.5 Å². The number of hydrogen-bond donors (Lipinski definition) is 0. The molecule has 30 heavy (non-hydrogen) atoms. The Kier molecular flexibility index (Phi) is 6.70. The minimum atomic E-state index is -0.441. The lowest BCUT2D eigenvalue weighted by atomic mass is 10.1. The van der Waals surface area contributed by atoms with E-state index in [4.69, 9.17) is 19.3 Å². The van der Waals surface area contributed by atoms with Crippen LogP contribution in [-0.4, -0.2) is 36.6 Å². The highest BCUT2D eigenvalue weighted by Crippen LogP contribution is 2.33. The summed E-state index contributed by atoms with van der Waals surface area (Å²) in [5, 5.41) is 4.74. The third kappa shape index (κ3) is 4.97. The summed E-state index contributed by atoms with van der Waals surface area (Å²) in [7, 11) is 3.18. The maximum absolute atomic E-state index is 12.0. The summed E-state index contributed by atoms with van der Waals surface area (Å²) in [6.07, 6.45) is 4.95. The van der Waals surface area contributed by atoms with Gasteiger partial charge in [0.05, 0.1) is 19.9 Å². The molecule has 6 nitrogen and oxygen atoms in total. The van der Waals surface area contributed by atoms with E-state index >= 15 is 0 Å². The number of rotatable bonds is 8. The van der Waals surface area contributed by atoms with Crippen molar-refractivity contribution in [3.63, 3.8) is 0 Å². The number of aromatic nitrogens is 2. The fourth-order valence-corrected chi connectivity index (χ4v) is 2.83. The molecular weight excluding hydrogens is 380 g/mol. The van der Waals surface area contributed by atoms with Crippen LogP contribution in [-0.2, 0) is 9.53 Å². The number of ether oxygens (including phenoxy) is 3. The van der Waals surface area contributed by atoms with Gasteiger partial charge in [0, 0.05) is 23.4 Å². The van der Waals surface area contributed by atoms with Crippen molar-refractivity contribution >= 4 is 12.0 Å². The Morgan fingerprint density at radius 2 is 1.83 bits per heavy atom. The zero-order valence-corrected chi connectivity index (χ0v) is 17.3. The first kappa shape index (κ1) is 20.9. The zero-order chi connectivity index (χ0) is 21.5. The van der Waals surface area contributed by atoms with E-state index < -0.39 is 5.97 Å². The van der Waals surface area contributed by atoms with Gasteiger partial charge in [0.25, 0.3) is 0 Å². The predicted molar refractivity (Wildman–Crippen MR) is 117 cm³/mol. The first-order chi connectivity index (χ1) is 14.5. The number of nitrogens with zero attached hydrogens (tertiary/aromatic N) is 2. The standard InChI is InChI=1S/C24H24N2O4/c1-17(2)16-30-23(27)13-11-19-15-26(20-8-6-5-7-9-20)25-24(19)18-10-12-21(28-3)22(14-18)29-4/h5-15H,1,16H2,2-4H3/b13-11+. The fourth-order valence-electron chi connectivity index (χ4n) is 2.83. The summed E-state index contributed by atoms with van der Waals surface area (Å²) in [6, 6.07) is 15.3. The summed E-state index contributed by atoms with van der Waals surface area (Å²) < 4.78 is 17.7. The van der Waals surface area contributed by atoms with Gasteiger partial charge < -0.3 is 14.2 Å². The molecule has 0 saturated heterocycles. The highest BCUT2D eigenvalue weighted by atomic mass is 16.5. The minimum Gasteiger partial charge on any atom is -0.493 e. The average molecular weight is 404 g/mol. The normalized spacial score (nSPS) is 10.8. The van der Waals surface area contributed by atoms with Crippen LogP contribution < -0.4 is 9.47 Å². The molecule has 0 saturated carbocycles. The Hall–Kier alpha value is -3.80. The number of para-hydroxylation sites is 1. The molecule has 0 unspecified atom stereocenters. The molecular formula is C24H24N2O4. The molecule has 0 N–H and O–H groups in total. The number of methoxy groups -OCH3 is 2. The van der Waals surface area contributed by atoms with Gasteiger partial charge in [-0.25, -0.2) is 9.48 Å². The first-order valence-corrected chi connectivity index (χ1v) is 9.38. The van der Waals surface area contributed by atoms with Crippen molar-refractivity contribution in [1.29, 1.82) is 0 Å². The van der Waals surface area contributed by atoms with Gasteiger partial charge in [-0.05, 0) is 48.9 Å². The van der Waals surface area contributed by atoms with Gasteiger partial charge in [0.1, 0.15) is 12.3 Å². The molecule has 0 amide bonds. The molecule has 0 atom stereocenters. The van der Waals surface area contributed by atoms with Crippen LogP contribution in [0.4, 0.5) is 0 Å². The number of hydrogen-bond acceptors (Lipinski definition) is 5. The highest BCUT2D eigenvalue weighted by Gasteiger charge is 2.14. The van der Waals surface area contributed by atoms with Crippen molar-refractivity contribution in [2.45, 2.75) is 6.92 Å². The quantitative estimate of drug-likeness (QED) is 0.310. The zero-order valence-electron chi connectivity index (χ0n) is 17.3. The van der Waals surface area contributed by atoms with E-state index in [2.05, 4.69) is 6.58 Å². The van der Waals surface area contributed by atoms with Crippen LogP contribution in [0, 0.1) is 0 Å². The molecule has 154 valence electrons. The van der Waals surface area contributed by atoms with Crippen molar-refractivity contribution in [3.05, 3.63) is 78.5 Å². The molecule has 6 heteroatoms. The Bertz CT molecular complexity index is 1070. The Morgan fingerprint density at radius 3 is 2.50 bits per heavy atom. The molecule has 0 radical (unpaired) electrons. The third-order valence-electron chi connectivity index (χ3n) is 4.28.